The van der Waals surface area contributed by atoms with Gasteiger partial charge in [-0.1, -0.05) is 165 Å². The number of quaternary nitrogens is 1. The molecule has 2 fully saturated rings. The van der Waals surface area contributed by atoms with Crippen molar-refractivity contribution in [1.82, 2.24) is 0 Å². The van der Waals surface area contributed by atoms with E-state index in [4.69, 9.17) is 0 Å². The number of hydrogen-bond donors (Lipinski definition) is 0. The third-order valence-electron chi connectivity index (χ3n) is 13.9. The van der Waals surface area contributed by atoms with E-state index in [0.717, 1.165) is 53.5 Å². The fourth-order valence-electron chi connectivity index (χ4n) is 10.8. The van der Waals surface area contributed by atoms with Crippen LogP contribution in [0.5, 0.6) is 0 Å². The van der Waals surface area contributed by atoms with Gasteiger partial charge in [0.1, 0.15) is 0 Å². The van der Waals surface area contributed by atoms with Crippen molar-refractivity contribution in [3.8, 4) is 0 Å². The van der Waals surface area contributed by atoms with Gasteiger partial charge in [0.05, 0.1) is 25.2 Å². The van der Waals surface area contributed by atoms with E-state index >= 15 is 0 Å². The summed E-state index contributed by atoms with van der Waals surface area (Å²) in [6, 6.07) is 1.78. The Morgan fingerprint density at radius 3 is 1.23 bits per heavy atom. The summed E-state index contributed by atoms with van der Waals surface area (Å²) in [5, 5.41) is 0. The molecule has 0 bridgehead atoms. The first-order valence-electron chi connectivity index (χ1n) is 22.6. The third kappa shape index (κ3) is 15.4. The summed E-state index contributed by atoms with van der Waals surface area (Å²) in [5.41, 5.74) is 0. The number of hydrogen-bond acceptors (Lipinski definition) is 0. The van der Waals surface area contributed by atoms with Crippen molar-refractivity contribution in [2.24, 2.45) is 41.4 Å². The zero-order valence-electron chi connectivity index (χ0n) is 34.4. The van der Waals surface area contributed by atoms with E-state index in [9.17, 15) is 0 Å². The summed E-state index contributed by atoms with van der Waals surface area (Å²) in [7, 11) is 0. The fraction of sp³-hybridized carbons (Fsp3) is 1.00. The second-order valence-corrected chi connectivity index (χ2v) is 18.5. The number of nitrogens with zero attached hydrogens (tertiary/aromatic N) is 1. The van der Waals surface area contributed by atoms with Gasteiger partial charge in [-0.25, -0.2) is 0 Å². The highest BCUT2D eigenvalue weighted by Gasteiger charge is 2.53. The fourth-order valence-corrected chi connectivity index (χ4v) is 10.8. The molecule has 280 valence electrons. The zero-order chi connectivity index (χ0) is 34.5. The van der Waals surface area contributed by atoms with E-state index in [2.05, 4.69) is 62.3 Å². The van der Waals surface area contributed by atoms with Crippen molar-refractivity contribution >= 4 is 0 Å². The van der Waals surface area contributed by atoms with Crippen molar-refractivity contribution in [2.75, 3.05) is 13.1 Å². The molecule has 1 heteroatoms. The molecular formula is C46H92N+. The molecule has 1 nitrogen and oxygen atoms in total. The molecule has 2 aliphatic carbocycles. The largest absolute Gasteiger partial charge is 0.318 e. The second kappa shape index (κ2) is 25.0. The highest BCUT2D eigenvalue weighted by atomic mass is 15.4. The van der Waals surface area contributed by atoms with E-state index in [-0.39, 0.29) is 0 Å². The lowest BCUT2D eigenvalue weighted by atomic mass is 9.67. The van der Waals surface area contributed by atoms with Crippen LogP contribution < -0.4 is 0 Å². The standard InChI is InChI=1S/C46H92N/c1-10-13-15-16-17-18-19-20-21-22-23-24-25-26-27-28-34-47(37-42(12-3)29-14-11-2,45-35-40(8)30-32-43(45)38(4)5)46-36-41(9)31-33-44(46)39(6)7/h38-46H,10-37H2,1-9H3/q+1. The Balaban J connectivity index is 2.08. The minimum atomic E-state index is 0.824. The molecule has 47 heavy (non-hydrogen) atoms. The van der Waals surface area contributed by atoms with Crippen LogP contribution in [0, 0.1) is 41.4 Å². The average Bonchev–Trinajstić information content (AvgIpc) is 3.05. The van der Waals surface area contributed by atoms with Crippen LogP contribution in [0.25, 0.3) is 0 Å². The average molecular weight is 659 g/mol. The highest BCUT2D eigenvalue weighted by molar-refractivity contribution is 4.89. The minimum absolute atomic E-state index is 0.824. The molecule has 0 aromatic rings. The molecule has 2 saturated carbocycles. The number of unbranched alkanes of at least 4 members (excludes halogenated alkanes) is 16. The first-order valence-corrected chi connectivity index (χ1v) is 22.6. The molecule has 7 atom stereocenters. The van der Waals surface area contributed by atoms with Gasteiger partial charge in [-0.3, -0.25) is 0 Å². The molecule has 2 rings (SSSR count). The molecule has 0 saturated heterocycles. The van der Waals surface area contributed by atoms with E-state index in [0.29, 0.717) is 0 Å². The zero-order valence-corrected chi connectivity index (χ0v) is 34.4. The van der Waals surface area contributed by atoms with Crippen LogP contribution in [-0.2, 0) is 0 Å². The lowest BCUT2D eigenvalue weighted by Gasteiger charge is -2.60. The van der Waals surface area contributed by atoms with Gasteiger partial charge in [0.2, 0.25) is 0 Å². The van der Waals surface area contributed by atoms with Crippen LogP contribution in [0.15, 0.2) is 0 Å². The highest BCUT2D eigenvalue weighted by Crippen LogP contribution is 2.48. The Morgan fingerprint density at radius 1 is 0.489 bits per heavy atom. The topological polar surface area (TPSA) is 0 Å². The maximum atomic E-state index is 2.62. The van der Waals surface area contributed by atoms with Crippen molar-refractivity contribution in [2.45, 2.75) is 241 Å². The second-order valence-electron chi connectivity index (χ2n) is 18.5. The maximum absolute atomic E-state index is 2.62. The van der Waals surface area contributed by atoms with E-state index in [1.165, 1.54) is 185 Å². The van der Waals surface area contributed by atoms with Crippen LogP contribution in [-0.4, -0.2) is 29.7 Å². The molecule has 0 aliphatic heterocycles. The summed E-state index contributed by atoms with van der Waals surface area (Å²) in [6.45, 7) is 25.9. The molecule has 0 amide bonds. The summed E-state index contributed by atoms with van der Waals surface area (Å²) >= 11 is 0. The Hall–Kier alpha value is -0.0400. The Bertz CT molecular complexity index is 693. The quantitative estimate of drug-likeness (QED) is 0.0608. The predicted octanol–water partition coefficient (Wildman–Crippen LogP) is 15.2. The third-order valence-corrected chi connectivity index (χ3v) is 13.9. The Morgan fingerprint density at radius 2 is 0.872 bits per heavy atom. The molecule has 0 N–H and O–H groups in total. The smallest absolute Gasteiger partial charge is 0.0926 e. The van der Waals surface area contributed by atoms with E-state index in [1.807, 2.05) is 0 Å². The van der Waals surface area contributed by atoms with Gasteiger partial charge in [-0.15, -0.1) is 0 Å². The summed E-state index contributed by atoms with van der Waals surface area (Å²) in [5.74, 6) is 6.21. The normalized spacial score (nSPS) is 27.4. The van der Waals surface area contributed by atoms with Gasteiger partial charge < -0.3 is 4.48 Å². The van der Waals surface area contributed by atoms with Gasteiger partial charge in [-0.05, 0) is 75.0 Å². The van der Waals surface area contributed by atoms with Gasteiger partial charge in [-0.2, -0.15) is 0 Å². The van der Waals surface area contributed by atoms with E-state index < -0.39 is 0 Å². The van der Waals surface area contributed by atoms with Gasteiger partial charge in [0.15, 0.2) is 0 Å². The molecule has 7 unspecified atom stereocenters. The van der Waals surface area contributed by atoms with Crippen LogP contribution in [0.2, 0.25) is 0 Å². The lowest BCUT2D eigenvalue weighted by molar-refractivity contribution is -0.986. The summed E-state index contributed by atoms with van der Waals surface area (Å²) in [6.07, 6.45) is 38.1. The van der Waals surface area contributed by atoms with Gasteiger partial charge in [0.25, 0.3) is 0 Å². The van der Waals surface area contributed by atoms with Gasteiger partial charge >= 0.3 is 0 Å². The summed E-state index contributed by atoms with van der Waals surface area (Å²) < 4.78 is 1.53. The van der Waals surface area contributed by atoms with Crippen LogP contribution >= 0.6 is 0 Å². The van der Waals surface area contributed by atoms with Crippen LogP contribution in [0.4, 0.5) is 0 Å². The van der Waals surface area contributed by atoms with Crippen molar-refractivity contribution in [1.29, 1.82) is 0 Å². The monoisotopic (exact) mass is 659 g/mol. The Kier molecular flexibility index (Phi) is 22.9. The molecule has 0 aromatic heterocycles. The molecule has 0 heterocycles. The molecule has 0 spiro atoms. The maximum Gasteiger partial charge on any atom is 0.0926 e. The minimum Gasteiger partial charge on any atom is -0.318 e. The molecule has 0 radical (unpaired) electrons. The predicted molar refractivity (Wildman–Crippen MR) is 213 cm³/mol. The number of rotatable bonds is 27. The SMILES string of the molecule is CCCCCCCCCCCCCCCCCC[N+](CC(CC)CCCC)(C1CC(C)CCC1C(C)C)C1CC(C)CCC1C(C)C. The van der Waals surface area contributed by atoms with Crippen molar-refractivity contribution in [3.05, 3.63) is 0 Å². The molecule has 2 aliphatic rings. The van der Waals surface area contributed by atoms with E-state index in [1.54, 1.807) is 0 Å². The summed E-state index contributed by atoms with van der Waals surface area (Å²) in [4.78, 5) is 0. The molecule has 0 aromatic carbocycles. The van der Waals surface area contributed by atoms with Crippen LogP contribution in [0.1, 0.15) is 229 Å². The van der Waals surface area contributed by atoms with Gasteiger partial charge in [0, 0.05) is 30.6 Å². The van der Waals surface area contributed by atoms with Crippen molar-refractivity contribution < 1.29 is 4.48 Å². The first-order chi connectivity index (χ1) is 22.7. The Labute approximate surface area is 299 Å². The lowest BCUT2D eigenvalue weighted by Crippen LogP contribution is -2.69. The van der Waals surface area contributed by atoms with Crippen molar-refractivity contribution in [3.63, 3.8) is 0 Å². The molecular weight excluding hydrogens is 567 g/mol. The van der Waals surface area contributed by atoms with Crippen LogP contribution in [0.3, 0.4) is 0 Å². The first kappa shape index (κ1) is 43.1.